The van der Waals surface area contributed by atoms with E-state index in [1.807, 2.05) is 0 Å². The van der Waals surface area contributed by atoms with E-state index in [1.54, 1.807) is 7.05 Å². The van der Waals surface area contributed by atoms with E-state index in [1.165, 1.54) is 10.9 Å². The molecular weight excluding hydrogens is 180 g/mol. The Morgan fingerprint density at radius 2 is 2.57 bits per heavy atom. The second-order valence-electron chi connectivity index (χ2n) is 3.65. The molecule has 1 atom stereocenters. The summed E-state index contributed by atoms with van der Waals surface area (Å²) in [6.45, 7) is 1.80. The van der Waals surface area contributed by atoms with Gasteiger partial charge in [0.1, 0.15) is 5.69 Å². The smallest absolute Gasteiger partial charge is 0.186 e. The van der Waals surface area contributed by atoms with Crippen LogP contribution in [0.3, 0.4) is 0 Å². The van der Waals surface area contributed by atoms with Crippen LogP contribution in [-0.2, 0) is 7.05 Å². The molecule has 14 heavy (non-hydrogen) atoms. The Balaban J connectivity index is 2.11. The van der Waals surface area contributed by atoms with Crippen molar-refractivity contribution in [3.63, 3.8) is 0 Å². The molecule has 0 radical (unpaired) electrons. The molecule has 2 heterocycles. The zero-order valence-electron chi connectivity index (χ0n) is 8.23. The molecule has 1 aromatic heterocycles. The molecule has 1 fully saturated rings. The zero-order chi connectivity index (χ0) is 9.97. The fourth-order valence-corrected chi connectivity index (χ4v) is 1.80. The Bertz CT molecular complexity index is 327. The molecule has 0 saturated carbocycles. The molecule has 1 saturated heterocycles. The summed E-state index contributed by atoms with van der Waals surface area (Å²) in [7, 11) is 1.75. The van der Waals surface area contributed by atoms with Crippen molar-refractivity contribution in [1.29, 1.82) is 0 Å². The number of rotatable bonds is 2. The van der Waals surface area contributed by atoms with Crippen LogP contribution in [0.2, 0.25) is 0 Å². The van der Waals surface area contributed by atoms with Gasteiger partial charge in [0.25, 0.3) is 0 Å². The lowest BCUT2D eigenvalue weighted by molar-refractivity contribution is 0.0890. The normalized spacial score (nSPS) is 22.2. The van der Waals surface area contributed by atoms with Crippen LogP contribution in [0, 0.1) is 5.92 Å². The summed E-state index contributed by atoms with van der Waals surface area (Å²) >= 11 is 0. The van der Waals surface area contributed by atoms with Gasteiger partial charge in [-0.05, 0) is 19.4 Å². The maximum absolute atomic E-state index is 11.9. The van der Waals surface area contributed by atoms with Crippen molar-refractivity contribution in [1.82, 2.24) is 20.3 Å². The average molecular weight is 194 g/mol. The molecule has 0 aliphatic carbocycles. The summed E-state index contributed by atoms with van der Waals surface area (Å²) in [5.41, 5.74) is 0.610. The molecule has 2 rings (SSSR count). The third-order valence-electron chi connectivity index (χ3n) is 2.63. The average Bonchev–Trinajstić information content (AvgIpc) is 2.65. The first kappa shape index (κ1) is 9.33. The molecule has 1 N–H and O–H groups in total. The molecular formula is C9H14N4O. The highest BCUT2D eigenvalue weighted by molar-refractivity contribution is 5.96. The van der Waals surface area contributed by atoms with Gasteiger partial charge in [-0.25, -0.2) is 4.68 Å². The van der Waals surface area contributed by atoms with Crippen molar-refractivity contribution >= 4 is 5.78 Å². The van der Waals surface area contributed by atoms with Crippen molar-refractivity contribution in [2.45, 2.75) is 12.8 Å². The molecule has 5 heteroatoms. The molecule has 0 bridgehead atoms. The van der Waals surface area contributed by atoms with Crippen LogP contribution >= 0.6 is 0 Å². The van der Waals surface area contributed by atoms with Crippen LogP contribution < -0.4 is 5.32 Å². The summed E-state index contributed by atoms with van der Waals surface area (Å²) in [6, 6.07) is 0. The second-order valence-corrected chi connectivity index (χ2v) is 3.65. The van der Waals surface area contributed by atoms with Gasteiger partial charge in [0, 0.05) is 19.5 Å². The van der Waals surface area contributed by atoms with Gasteiger partial charge in [-0.15, -0.1) is 5.10 Å². The number of carbonyl (C=O) groups excluding carboxylic acids is 1. The SMILES string of the molecule is Cn1nncc1C(=O)C1CCCNC1. The molecule has 1 aromatic rings. The van der Waals surface area contributed by atoms with Crippen molar-refractivity contribution in [2.75, 3.05) is 13.1 Å². The van der Waals surface area contributed by atoms with Gasteiger partial charge in [-0.2, -0.15) is 0 Å². The largest absolute Gasteiger partial charge is 0.316 e. The molecule has 0 spiro atoms. The van der Waals surface area contributed by atoms with Crippen molar-refractivity contribution < 1.29 is 4.79 Å². The molecule has 1 aliphatic heterocycles. The molecule has 76 valence electrons. The third-order valence-corrected chi connectivity index (χ3v) is 2.63. The maximum atomic E-state index is 11.9. The molecule has 1 aliphatic rings. The number of hydrogen-bond donors (Lipinski definition) is 1. The number of nitrogens with zero attached hydrogens (tertiary/aromatic N) is 3. The third kappa shape index (κ3) is 1.68. The summed E-state index contributed by atoms with van der Waals surface area (Å²) in [4.78, 5) is 11.9. The molecule has 5 nitrogen and oxygen atoms in total. The van der Waals surface area contributed by atoms with E-state index in [2.05, 4.69) is 15.6 Å². The maximum Gasteiger partial charge on any atom is 0.186 e. The Kier molecular flexibility index (Phi) is 2.58. The Morgan fingerprint density at radius 3 is 3.14 bits per heavy atom. The van der Waals surface area contributed by atoms with Gasteiger partial charge in [0.15, 0.2) is 5.78 Å². The topological polar surface area (TPSA) is 59.8 Å². The van der Waals surface area contributed by atoms with Gasteiger partial charge in [-0.1, -0.05) is 5.21 Å². The highest BCUT2D eigenvalue weighted by atomic mass is 16.1. The Morgan fingerprint density at radius 1 is 1.71 bits per heavy atom. The van der Waals surface area contributed by atoms with Crippen LogP contribution in [0.4, 0.5) is 0 Å². The van der Waals surface area contributed by atoms with Crippen LogP contribution in [0.1, 0.15) is 23.3 Å². The number of aromatic nitrogens is 3. The molecule has 1 unspecified atom stereocenters. The zero-order valence-corrected chi connectivity index (χ0v) is 8.23. The first-order valence-electron chi connectivity index (χ1n) is 4.88. The van der Waals surface area contributed by atoms with Crippen molar-refractivity contribution in [3.05, 3.63) is 11.9 Å². The fraction of sp³-hybridized carbons (Fsp3) is 0.667. The number of nitrogens with one attached hydrogen (secondary N) is 1. The van der Waals surface area contributed by atoms with Gasteiger partial charge < -0.3 is 5.32 Å². The monoisotopic (exact) mass is 194 g/mol. The number of aryl methyl sites for hydroxylation is 1. The lowest BCUT2D eigenvalue weighted by Crippen LogP contribution is -2.35. The standard InChI is InChI=1S/C9H14N4O/c1-13-8(6-11-12-13)9(14)7-3-2-4-10-5-7/h6-7,10H,2-5H2,1H3. The van der Waals surface area contributed by atoms with Crippen LogP contribution in [0.15, 0.2) is 6.20 Å². The van der Waals surface area contributed by atoms with Gasteiger partial charge in [-0.3, -0.25) is 4.79 Å². The Hall–Kier alpha value is -1.23. The summed E-state index contributed by atoms with van der Waals surface area (Å²) < 4.78 is 1.54. The van der Waals surface area contributed by atoms with E-state index in [0.717, 1.165) is 25.9 Å². The minimum Gasteiger partial charge on any atom is -0.316 e. The fourth-order valence-electron chi connectivity index (χ4n) is 1.80. The quantitative estimate of drug-likeness (QED) is 0.673. The summed E-state index contributed by atoms with van der Waals surface area (Å²) in [6.07, 6.45) is 3.58. The van der Waals surface area contributed by atoms with E-state index in [4.69, 9.17) is 0 Å². The predicted molar refractivity (Wildman–Crippen MR) is 50.9 cm³/mol. The van der Waals surface area contributed by atoms with Gasteiger partial charge in [0.2, 0.25) is 0 Å². The Labute approximate surface area is 82.5 Å². The van der Waals surface area contributed by atoms with E-state index < -0.39 is 0 Å². The first-order chi connectivity index (χ1) is 6.79. The number of piperidine rings is 1. The van der Waals surface area contributed by atoms with Crippen molar-refractivity contribution in [3.8, 4) is 0 Å². The van der Waals surface area contributed by atoms with Crippen LogP contribution in [0.5, 0.6) is 0 Å². The summed E-state index contributed by atoms with van der Waals surface area (Å²) in [5, 5.41) is 10.7. The minimum absolute atomic E-state index is 0.0981. The van der Waals surface area contributed by atoms with Gasteiger partial charge >= 0.3 is 0 Å². The predicted octanol–water partition coefficient (Wildman–Crippen LogP) is -0.00260. The molecule has 0 aromatic carbocycles. The van der Waals surface area contributed by atoms with E-state index >= 15 is 0 Å². The number of carbonyl (C=O) groups is 1. The number of ketones is 1. The van der Waals surface area contributed by atoms with Crippen LogP contribution in [-0.4, -0.2) is 33.9 Å². The lowest BCUT2D eigenvalue weighted by Gasteiger charge is -2.20. The number of hydrogen-bond acceptors (Lipinski definition) is 4. The van der Waals surface area contributed by atoms with E-state index in [0.29, 0.717) is 5.69 Å². The van der Waals surface area contributed by atoms with E-state index in [9.17, 15) is 4.79 Å². The minimum atomic E-state index is 0.0981. The van der Waals surface area contributed by atoms with E-state index in [-0.39, 0.29) is 11.7 Å². The lowest BCUT2D eigenvalue weighted by atomic mass is 9.93. The first-order valence-corrected chi connectivity index (χ1v) is 4.88. The highest BCUT2D eigenvalue weighted by Gasteiger charge is 2.24. The van der Waals surface area contributed by atoms with Crippen LogP contribution in [0.25, 0.3) is 0 Å². The molecule has 0 amide bonds. The number of Topliss-reactive ketones (excluding diaryl/α,β-unsaturated/α-hetero) is 1. The van der Waals surface area contributed by atoms with Crippen molar-refractivity contribution in [2.24, 2.45) is 13.0 Å². The van der Waals surface area contributed by atoms with Gasteiger partial charge in [0.05, 0.1) is 6.20 Å². The summed E-state index contributed by atoms with van der Waals surface area (Å²) in [5.74, 6) is 0.255. The highest BCUT2D eigenvalue weighted by Crippen LogP contribution is 2.15. The second kappa shape index (κ2) is 3.88.